The summed E-state index contributed by atoms with van der Waals surface area (Å²) in [6.45, 7) is 5.34. The van der Waals surface area contributed by atoms with Gasteiger partial charge in [-0.05, 0) is 31.7 Å². The van der Waals surface area contributed by atoms with Crippen molar-refractivity contribution in [2.45, 2.75) is 174 Å². The van der Waals surface area contributed by atoms with Crippen molar-refractivity contribution in [1.82, 2.24) is 0 Å². The summed E-state index contributed by atoms with van der Waals surface area (Å²) < 4.78 is 0. The molecule has 0 aliphatic rings. The van der Waals surface area contributed by atoms with Crippen molar-refractivity contribution in [2.24, 2.45) is 17.4 Å². The SMILES string of the molecule is CCCCCCCCCCCCCC(CCCCCCCCCCCC)C(N)CCN. The molecule has 4 N–H and O–H groups in total. The van der Waals surface area contributed by atoms with Gasteiger partial charge in [-0.25, -0.2) is 0 Å². The maximum Gasteiger partial charge on any atom is 0.00791 e. The van der Waals surface area contributed by atoms with Gasteiger partial charge in [0.2, 0.25) is 0 Å². The summed E-state index contributed by atoms with van der Waals surface area (Å²) in [4.78, 5) is 0. The summed E-state index contributed by atoms with van der Waals surface area (Å²) in [7, 11) is 0. The van der Waals surface area contributed by atoms with Gasteiger partial charge in [0.25, 0.3) is 0 Å². The molecule has 188 valence electrons. The van der Waals surface area contributed by atoms with Gasteiger partial charge in [0, 0.05) is 6.04 Å². The lowest BCUT2D eigenvalue weighted by atomic mass is 9.87. The number of nitrogens with two attached hydrogens (primary N) is 2. The summed E-state index contributed by atoms with van der Waals surface area (Å²) in [5, 5.41) is 0. The van der Waals surface area contributed by atoms with Crippen molar-refractivity contribution < 1.29 is 0 Å². The summed E-state index contributed by atoms with van der Waals surface area (Å²) in [6.07, 6.45) is 33.5. The number of rotatable bonds is 26. The summed E-state index contributed by atoms with van der Waals surface area (Å²) in [5.74, 6) is 0.705. The molecular weight excluding hydrogens is 376 g/mol. The highest BCUT2D eigenvalue weighted by atomic mass is 14.7. The summed E-state index contributed by atoms with van der Waals surface area (Å²) in [5.41, 5.74) is 12.3. The van der Waals surface area contributed by atoms with Crippen LogP contribution in [-0.4, -0.2) is 12.6 Å². The molecule has 2 heteroatoms. The summed E-state index contributed by atoms with van der Waals surface area (Å²) >= 11 is 0. The molecule has 0 aliphatic heterocycles. The Labute approximate surface area is 198 Å². The van der Waals surface area contributed by atoms with E-state index in [1.807, 2.05) is 0 Å². The van der Waals surface area contributed by atoms with Crippen LogP contribution in [0.1, 0.15) is 168 Å². The molecule has 0 rings (SSSR count). The van der Waals surface area contributed by atoms with E-state index in [9.17, 15) is 0 Å². The summed E-state index contributed by atoms with van der Waals surface area (Å²) in [6, 6.07) is 0.326. The maximum atomic E-state index is 6.50. The maximum absolute atomic E-state index is 6.50. The van der Waals surface area contributed by atoms with Gasteiger partial charge in [-0.3, -0.25) is 0 Å². The average molecular weight is 439 g/mol. The standard InChI is InChI=1S/C29H62N2/c1-3-5-7-9-11-13-15-17-19-21-23-25-28(29(31)26-27-30)24-22-20-18-16-14-12-10-8-6-4-2/h28-29H,3-27,30-31H2,1-2H3. The second-order valence-corrected chi connectivity index (χ2v) is 10.3. The number of hydrogen-bond donors (Lipinski definition) is 2. The van der Waals surface area contributed by atoms with Crippen LogP contribution >= 0.6 is 0 Å². The minimum absolute atomic E-state index is 0.326. The molecule has 0 fully saturated rings. The van der Waals surface area contributed by atoms with E-state index in [4.69, 9.17) is 11.5 Å². The first-order chi connectivity index (χ1) is 15.3. The Kier molecular flexibility index (Phi) is 26.1. The zero-order chi connectivity index (χ0) is 22.8. The quantitative estimate of drug-likeness (QED) is 0.132. The first-order valence-corrected chi connectivity index (χ1v) is 14.7. The predicted molar refractivity (Wildman–Crippen MR) is 143 cm³/mol. The second-order valence-electron chi connectivity index (χ2n) is 10.3. The van der Waals surface area contributed by atoms with Crippen LogP contribution in [0.5, 0.6) is 0 Å². The van der Waals surface area contributed by atoms with Crippen LogP contribution in [0.25, 0.3) is 0 Å². The van der Waals surface area contributed by atoms with Gasteiger partial charge in [0.1, 0.15) is 0 Å². The van der Waals surface area contributed by atoms with Crippen LogP contribution in [0, 0.1) is 5.92 Å². The molecular formula is C29H62N2. The smallest absolute Gasteiger partial charge is 0.00791 e. The lowest BCUT2D eigenvalue weighted by Gasteiger charge is -2.23. The third kappa shape index (κ3) is 22.9. The van der Waals surface area contributed by atoms with Gasteiger partial charge in [0.15, 0.2) is 0 Å². The highest BCUT2D eigenvalue weighted by Gasteiger charge is 2.16. The van der Waals surface area contributed by atoms with Gasteiger partial charge in [-0.1, -0.05) is 149 Å². The topological polar surface area (TPSA) is 52.0 Å². The molecule has 0 aromatic heterocycles. The second kappa shape index (κ2) is 26.2. The van der Waals surface area contributed by atoms with Crippen LogP contribution in [0.4, 0.5) is 0 Å². The van der Waals surface area contributed by atoms with E-state index in [2.05, 4.69) is 13.8 Å². The van der Waals surface area contributed by atoms with E-state index >= 15 is 0 Å². The van der Waals surface area contributed by atoms with Crippen LogP contribution < -0.4 is 11.5 Å². The normalized spacial score (nSPS) is 13.5. The molecule has 0 aromatic rings. The van der Waals surface area contributed by atoms with Crippen LogP contribution in [0.3, 0.4) is 0 Å². The Morgan fingerprint density at radius 2 is 0.710 bits per heavy atom. The van der Waals surface area contributed by atoms with Gasteiger partial charge >= 0.3 is 0 Å². The molecule has 0 saturated carbocycles. The Morgan fingerprint density at radius 3 is 1.00 bits per heavy atom. The third-order valence-corrected chi connectivity index (χ3v) is 7.21. The fourth-order valence-corrected chi connectivity index (χ4v) is 4.97. The fraction of sp³-hybridized carbons (Fsp3) is 1.00. The lowest BCUT2D eigenvalue weighted by molar-refractivity contribution is 0.330. The highest BCUT2D eigenvalue weighted by Crippen LogP contribution is 2.23. The molecule has 0 bridgehead atoms. The first kappa shape index (κ1) is 30.9. The van der Waals surface area contributed by atoms with E-state index in [1.54, 1.807) is 0 Å². The average Bonchev–Trinajstić information content (AvgIpc) is 2.77. The van der Waals surface area contributed by atoms with Gasteiger partial charge in [0.05, 0.1) is 0 Å². The van der Waals surface area contributed by atoms with E-state index < -0.39 is 0 Å². The van der Waals surface area contributed by atoms with Crippen LogP contribution in [0.15, 0.2) is 0 Å². The number of unbranched alkanes of at least 4 members (excludes halogenated alkanes) is 19. The molecule has 0 spiro atoms. The minimum atomic E-state index is 0.326. The largest absolute Gasteiger partial charge is 0.330 e. The molecule has 31 heavy (non-hydrogen) atoms. The molecule has 0 amide bonds. The van der Waals surface area contributed by atoms with Gasteiger partial charge in [-0.15, -0.1) is 0 Å². The van der Waals surface area contributed by atoms with E-state index in [1.165, 1.54) is 148 Å². The zero-order valence-electron chi connectivity index (χ0n) is 22.0. The highest BCUT2D eigenvalue weighted by molar-refractivity contribution is 4.74. The molecule has 0 heterocycles. The van der Waals surface area contributed by atoms with Crippen molar-refractivity contribution in [1.29, 1.82) is 0 Å². The molecule has 0 radical (unpaired) electrons. The van der Waals surface area contributed by atoms with Gasteiger partial charge in [-0.2, -0.15) is 0 Å². The molecule has 0 aromatic carbocycles. The molecule has 2 unspecified atom stereocenters. The Hall–Kier alpha value is -0.0800. The number of hydrogen-bond acceptors (Lipinski definition) is 2. The Morgan fingerprint density at radius 1 is 0.419 bits per heavy atom. The molecule has 2 atom stereocenters. The lowest BCUT2D eigenvalue weighted by Crippen LogP contribution is -2.32. The van der Waals surface area contributed by atoms with E-state index in [0.717, 1.165) is 13.0 Å². The first-order valence-electron chi connectivity index (χ1n) is 14.7. The molecule has 0 saturated heterocycles. The van der Waals surface area contributed by atoms with Gasteiger partial charge < -0.3 is 11.5 Å². The fourth-order valence-electron chi connectivity index (χ4n) is 4.97. The van der Waals surface area contributed by atoms with Crippen molar-refractivity contribution in [3.63, 3.8) is 0 Å². The predicted octanol–water partition coefficient (Wildman–Crippen LogP) is 9.29. The van der Waals surface area contributed by atoms with E-state index in [0.29, 0.717) is 12.0 Å². The van der Waals surface area contributed by atoms with Crippen LogP contribution in [0.2, 0.25) is 0 Å². The minimum Gasteiger partial charge on any atom is -0.330 e. The Balaban J connectivity index is 3.68. The van der Waals surface area contributed by atoms with E-state index in [-0.39, 0.29) is 0 Å². The van der Waals surface area contributed by atoms with Crippen molar-refractivity contribution in [3.8, 4) is 0 Å². The molecule has 2 nitrogen and oxygen atoms in total. The Bertz CT molecular complexity index is 318. The van der Waals surface area contributed by atoms with Crippen molar-refractivity contribution >= 4 is 0 Å². The van der Waals surface area contributed by atoms with Crippen molar-refractivity contribution in [2.75, 3.05) is 6.54 Å². The van der Waals surface area contributed by atoms with Crippen molar-refractivity contribution in [3.05, 3.63) is 0 Å². The monoisotopic (exact) mass is 438 g/mol. The van der Waals surface area contributed by atoms with Crippen LogP contribution in [-0.2, 0) is 0 Å². The zero-order valence-corrected chi connectivity index (χ0v) is 22.0. The molecule has 0 aliphatic carbocycles. The third-order valence-electron chi connectivity index (χ3n) is 7.21.